The molecular formula is C15H15NO. The lowest BCUT2D eigenvalue weighted by atomic mass is 10.1. The zero-order valence-electron chi connectivity index (χ0n) is 10.5. The van der Waals surface area contributed by atoms with E-state index < -0.39 is 0 Å². The van der Waals surface area contributed by atoms with Crippen molar-refractivity contribution in [1.29, 1.82) is 0 Å². The number of nitrogens with one attached hydrogen (secondary N) is 1. The van der Waals surface area contributed by atoms with Gasteiger partial charge >= 0.3 is 0 Å². The summed E-state index contributed by atoms with van der Waals surface area (Å²) in [4.78, 5) is 0. The van der Waals surface area contributed by atoms with Crippen LogP contribution in [-0.4, -0.2) is 6.61 Å². The normalized spacial score (nSPS) is 25.8. The van der Waals surface area contributed by atoms with Gasteiger partial charge in [0.1, 0.15) is 7.64 Å². The van der Waals surface area contributed by atoms with E-state index in [0.29, 0.717) is 6.61 Å². The maximum absolute atomic E-state index is 8.23. The molecule has 2 aromatic rings. The molecular weight excluding hydrogens is 210 g/mol. The van der Waals surface area contributed by atoms with Crippen LogP contribution in [0.4, 0.5) is 0 Å². The predicted molar refractivity (Wildman–Crippen MR) is 67.5 cm³/mol. The molecule has 0 amide bonds. The second-order valence-electron chi connectivity index (χ2n) is 4.17. The van der Waals surface area contributed by atoms with Crippen LogP contribution in [0, 0.1) is 0 Å². The third kappa shape index (κ3) is 2.23. The first-order valence-corrected chi connectivity index (χ1v) is 5.85. The van der Waals surface area contributed by atoms with E-state index in [1.54, 1.807) is 5.31 Å². The lowest BCUT2D eigenvalue weighted by Gasteiger charge is -2.12. The molecule has 1 heterocycles. The van der Waals surface area contributed by atoms with Crippen molar-refractivity contribution in [3.05, 3.63) is 71.8 Å². The molecule has 1 fully saturated rings. The maximum Gasteiger partial charge on any atom is 0.134 e. The minimum Gasteiger partial charge on any atom is -0.357 e. The zero-order chi connectivity index (χ0) is 12.4. The van der Waals surface area contributed by atoms with Crippen LogP contribution in [0.15, 0.2) is 60.7 Å². The summed E-state index contributed by atoms with van der Waals surface area (Å²) in [6.45, 7) is 0.563. The first-order valence-electron chi connectivity index (χ1n) is 6.29. The Morgan fingerprint density at radius 1 is 0.941 bits per heavy atom. The van der Waals surface area contributed by atoms with Crippen LogP contribution in [0.2, 0.25) is 1.41 Å². The van der Waals surface area contributed by atoms with Crippen molar-refractivity contribution in [3.8, 4) is 0 Å². The number of hydrogen-bond donors (Lipinski definition) is 1. The number of ether oxygens (including phenoxy) is 1. The van der Waals surface area contributed by atoms with Gasteiger partial charge in [0.2, 0.25) is 0 Å². The summed E-state index contributed by atoms with van der Waals surface area (Å²) in [5.41, 5.74) is 2.16. The molecule has 17 heavy (non-hydrogen) atoms. The number of hydrogen-bond acceptors (Lipinski definition) is 2. The summed E-state index contributed by atoms with van der Waals surface area (Å²) >= 11 is 0. The summed E-state index contributed by atoms with van der Waals surface area (Å²) in [6.07, 6.45) is -0.267. The van der Waals surface area contributed by atoms with Crippen LogP contribution in [0.5, 0.6) is 0 Å². The van der Waals surface area contributed by atoms with Gasteiger partial charge in [-0.2, -0.15) is 0 Å². The fourth-order valence-corrected chi connectivity index (χ4v) is 2.09. The van der Waals surface area contributed by atoms with Gasteiger partial charge in [0.05, 0.1) is 12.6 Å². The van der Waals surface area contributed by atoms with Crippen molar-refractivity contribution in [2.75, 3.05) is 6.61 Å². The Hall–Kier alpha value is -1.64. The number of rotatable bonds is 2. The van der Waals surface area contributed by atoms with Gasteiger partial charge in [-0.15, -0.1) is 0 Å². The zero-order valence-corrected chi connectivity index (χ0v) is 9.49. The van der Waals surface area contributed by atoms with Crippen molar-refractivity contribution in [2.24, 2.45) is 0 Å². The van der Waals surface area contributed by atoms with Crippen LogP contribution in [0.25, 0.3) is 0 Å². The van der Waals surface area contributed by atoms with Crippen LogP contribution in [0.1, 0.15) is 23.4 Å². The standard InChI is InChI=1S/C15H15NO/c1-3-7-12(8-4-1)14-11-17-15(16-14)13-9-5-2-6-10-13/h1-10,14-16H,11H2/t14-,15?/m0/s1/i/hD. The van der Waals surface area contributed by atoms with Gasteiger partial charge in [-0.3, -0.25) is 5.31 Å². The van der Waals surface area contributed by atoms with Gasteiger partial charge in [-0.25, -0.2) is 0 Å². The molecule has 1 aliphatic heterocycles. The molecule has 2 atom stereocenters. The van der Waals surface area contributed by atoms with Gasteiger partial charge < -0.3 is 4.74 Å². The molecule has 2 heteroatoms. The molecule has 0 saturated carbocycles. The Morgan fingerprint density at radius 2 is 1.53 bits per heavy atom. The number of benzene rings is 2. The molecule has 1 N–H and O–H groups in total. The van der Waals surface area contributed by atoms with Gasteiger partial charge in [0.15, 0.2) is 0 Å². The lowest BCUT2D eigenvalue weighted by molar-refractivity contribution is 0.101. The van der Waals surface area contributed by atoms with Crippen molar-refractivity contribution in [3.63, 3.8) is 0 Å². The smallest absolute Gasteiger partial charge is 0.134 e. The monoisotopic (exact) mass is 226 g/mol. The average molecular weight is 226 g/mol. The highest BCUT2D eigenvalue weighted by atomic mass is 16.5. The molecule has 86 valence electrons. The average Bonchev–Trinajstić information content (AvgIpc) is 2.83. The Balaban J connectivity index is 1.83. The first kappa shape index (κ1) is 9.40. The highest BCUT2D eigenvalue weighted by molar-refractivity contribution is 5.23. The largest absolute Gasteiger partial charge is 0.357 e. The molecule has 0 spiro atoms. The van der Waals surface area contributed by atoms with E-state index in [1.165, 1.54) is 0 Å². The summed E-state index contributed by atoms with van der Waals surface area (Å²) in [5, 5.41) is 1.55. The summed E-state index contributed by atoms with van der Waals surface area (Å²) < 4.78 is 14.0. The van der Waals surface area contributed by atoms with Crippen LogP contribution in [0.3, 0.4) is 0 Å². The van der Waals surface area contributed by atoms with Crippen molar-refractivity contribution < 1.29 is 6.15 Å². The topological polar surface area (TPSA) is 21.3 Å². The Labute approximate surface area is 103 Å². The molecule has 0 aliphatic carbocycles. The minimum atomic E-state index is -0.267. The second kappa shape index (κ2) is 4.70. The Kier molecular flexibility index (Phi) is 2.60. The van der Waals surface area contributed by atoms with Gasteiger partial charge in [0.25, 0.3) is 0 Å². The third-order valence-electron chi connectivity index (χ3n) is 3.00. The van der Waals surface area contributed by atoms with Gasteiger partial charge in [0, 0.05) is 0 Å². The van der Waals surface area contributed by atoms with E-state index in [4.69, 9.17) is 6.15 Å². The fourth-order valence-electron chi connectivity index (χ4n) is 2.09. The molecule has 3 rings (SSSR count). The summed E-state index contributed by atoms with van der Waals surface area (Å²) in [7, 11) is 0. The van der Waals surface area contributed by atoms with Gasteiger partial charge in [-0.05, 0) is 11.1 Å². The van der Waals surface area contributed by atoms with E-state index in [-0.39, 0.29) is 12.3 Å². The lowest BCUT2D eigenvalue weighted by Crippen LogP contribution is -2.18. The van der Waals surface area contributed by atoms with Crippen molar-refractivity contribution in [1.82, 2.24) is 5.31 Å². The van der Waals surface area contributed by atoms with E-state index >= 15 is 0 Å². The first-order chi connectivity index (χ1) is 8.86. The van der Waals surface area contributed by atoms with E-state index in [1.807, 2.05) is 60.7 Å². The van der Waals surface area contributed by atoms with Crippen molar-refractivity contribution in [2.45, 2.75) is 12.3 Å². The van der Waals surface area contributed by atoms with E-state index in [9.17, 15) is 0 Å². The highest BCUT2D eigenvalue weighted by Gasteiger charge is 2.26. The molecule has 0 aromatic heterocycles. The van der Waals surface area contributed by atoms with Crippen molar-refractivity contribution >= 4 is 0 Å². The summed E-state index contributed by atoms with van der Waals surface area (Å²) in [6, 6.07) is 20.0. The van der Waals surface area contributed by atoms with E-state index in [2.05, 4.69) is 0 Å². The van der Waals surface area contributed by atoms with Gasteiger partial charge in [-0.1, -0.05) is 60.7 Å². The van der Waals surface area contributed by atoms with Crippen LogP contribution >= 0.6 is 0 Å². The molecule has 1 saturated heterocycles. The van der Waals surface area contributed by atoms with E-state index in [0.717, 1.165) is 11.1 Å². The predicted octanol–water partition coefficient (Wildman–Crippen LogP) is 3.05. The molecule has 1 unspecified atom stereocenters. The molecule has 0 bridgehead atoms. The Bertz CT molecular complexity index is 455. The fraction of sp³-hybridized carbons (Fsp3) is 0.200. The summed E-state index contributed by atoms with van der Waals surface area (Å²) in [5.74, 6) is 0. The third-order valence-corrected chi connectivity index (χ3v) is 3.00. The minimum absolute atomic E-state index is 0.0106. The molecule has 1 aliphatic rings. The van der Waals surface area contributed by atoms with Crippen LogP contribution < -0.4 is 5.31 Å². The SMILES string of the molecule is [2H]N1C(c2ccccc2)OC[C@H]1c1ccccc1. The molecule has 2 aromatic carbocycles. The molecule has 2 nitrogen and oxygen atoms in total. The Morgan fingerprint density at radius 3 is 2.18 bits per heavy atom. The second-order valence-corrected chi connectivity index (χ2v) is 4.17. The quantitative estimate of drug-likeness (QED) is 0.849. The van der Waals surface area contributed by atoms with Crippen LogP contribution in [-0.2, 0) is 4.74 Å². The molecule has 0 radical (unpaired) electrons. The highest BCUT2D eigenvalue weighted by Crippen LogP contribution is 2.27. The maximum atomic E-state index is 8.23.